The lowest BCUT2D eigenvalue weighted by Gasteiger charge is -2.18. The van der Waals surface area contributed by atoms with Crippen LogP contribution in [-0.2, 0) is 9.59 Å². The Labute approximate surface area is 151 Å². The fourth-order valence-electron chi connectivity index (χ4n) is 2.83. The van der Waals surface area contributed by atoms with Crippen LogP contribution < -0.4 is 15.0 Å². The Morgan fingerprint density at radius 1 is 1.24 bits per heavy atom. The van der Waals surface area contributed by atoms with Crippen molar-refractivity contribution in [3.8, 4) is 5.75 Å². The molecule has 0 aromatic heterocycles. The van der Waals surface area contributed by atoms with Crippen molar-refractivity contribution in [2.45, 2.75) is 13.3 Å². The van der Waals surface area contributed by atoms with Crippen LogP contribution in [0.15, 0.2) is 48.5 Å². The second kappa shape index (κ2) is 7.57. The first-order chi connectivity index (χ1) is 12.1. The summed E-state index contributed by atoms with van der Waals surface area (Å²) in [7, 11) is 0. The summed E-state index contributed by atoms with van der Waals surface area (Å²) in [6, 6.07) is 14.3. The van der Waals surface area contributed by atoms with Crippen molar-refractivity contribution >= 4 is 34.8 Å². The Morgan fingerprint density at radius 3 is 2.64 bits per heavy atom. The van der Waals surface area contributed by atoms with Crippen LogP contribution in [0.25, 0.3) is 0 Å². The fourth-order valence-corrected chi connectivity index (χ4v) is 3.07. The molecule has 1 atom stereocenters. The van der Waals surface area contributed by atoms with Gasteiger partial charge in [-0.2, -0.15) is 0 Å². The maximum Gasteiger partial charge on any atom is 0.229 e. The third-order valence-corrected chi connectivity index (χ3v) is 4.39. The number of hydrogen-bond acceptors (Lipinski definition) is 3. The minimum absolute atomic E-state index is 0.0973. The topological polar surface area (TPSA) is 58.6 Å². The molecule has 130 valence electrons. The van der Waals surface area contributed by atoms with Crippen molar-refractivity contribution in [2.75, 3.05) is 23.4 Å². The van der Waals surface area contributed by atoms with Crippen molar-refractivity contribution in [2.24, 2.45) is 5.92 Å². The Balaban J connectivity index is 1.65. The molecule has 1 aliphatic rings. The summed E-state index contributed by atoms with van der Waals surface area (Å²) in [5.74, 6) is 0.0730. The molecule has 2 amide bonds. The Kier molecular flexibility index (Phi) is 5.24. The highest BCUT2D eigenvalue weighted by Gasteiger charge is 2.35. The fraction of sp³-hybridized carbons (Fsp3) is 0.263. The van der Waals surface area contributed by atoms with E-state index in [2.05, 4.69) is 5.32 Å². The second-order valence-electron chi connectivity index (χ2n) is 5.80. The number of rotatable bonds is 5. The first-order valence-corrected chi connectivity index (χ1v) is 8.55. The van der Waals surface area contributed by atoms with Crippen molar-refractivity contribution in [1.29, 1.82) is 0 Å². The van der Waals surface area contributed by atoms with E-state index in [-0.39, 0.29) is 18.2 Å². The van der Waals surface area contributed by atoms with Crippen LogP contribution in [0.3, 0.4) is 0 Å². The molecule has 0 spiro atoms. The van der Waals surface area contributed by atoms with Gasteiger partial charge in [-0.3, -0.25) is 9.59 Å². The molecule has 5 nitrogen and oxygen atoms in total. The highest BCUT2D eigenvalue weighted by molar-refractivity contribution is 6.33. The molecule has 2 aromatic carbocycles. The van der Waals surface area contributed by atoms with Crippen LogP contribution in [0.1, 0.15) is 13.3 Å². The van der Waals surface area contributed by atoms with Gasteiger partial charge >= 0.3 is 0 Å². The molecule has 25 heavy (non-hydrogen) atoms. The molecule has 0 saturated carbocycles. The number of amides is 2. The number of carbonyl (C=O) groups is 2. The predicted octanol–water partition coefficient (Wildman–Crippen LogP) is 3.73. The monoisotopic (exact) mass is 358 g/mol. The van der Waals surface area contributed by atoms with Gasteiger partial charge in [-0.25, -0.2) is 0 Å². The van der Waals surface area contributed by atoms with E-state index in [0.29, 0.717) is 29.5 Å². The van der Waals surface area contributed by atoms with E-state index in [9.17, 15) is 9.59 Å². The number of halogens is 1. The molecule has 1 aliphatic heterocycles. The number of anilines is 2. The Hall–Kier alpha value is -2.53. The van der Waals surface area contributed by atoms with Crippen molar-refractivity contribution in [1.82, 2.24) is 0 Å². The summed E-state index contributed by atoms with van der Waals surface area (Å²) < 4.78 is 5.38. The number of para-hydroxylation sites is 1. The van der Waals surface area contributed by atoms with Crippen LogP contribution in [-0.4, -0.2) is 25.0 Å². The number of benzene rings is 2. The quantitative estimate of drug-likeness (QED) is 0.886. The van der Waals surface area contributed by atoms with Gasteiger partial charge in [-0.15, -0.1) is 0 Å². The third-order valence-electron chi connectivity index (χ3n) is 4.07. The van der Waals surface area contributed by atoms with Crippen molar-refractivity contribution in [3.05, 3.63) is 53.6 Å². The highest BCUT2D eigenvalue weighted by atomic mass is 35.5. The lowest BCUT2D eigenvalue weighted by Crippen LogP contribution is -2.28. The normalized spacial score (nSPS) is 16.8. The average molecular weight is 359 g/mol. The average Bonchev–Trinajstić information content (AvgIpc) is 2.99. The third kappa shape index (κ3) is 3.94. The van der Waals surface area contributed by atoms with E-state index in [1.54, 1.807) is 41.3 Å². The lowest BCUT2D eigenvalue weighted by molar-refractivity contribution is -0.122. The number of ether oxygens (including phenoxy) is 1. The van der Waals surface area contributed by atoms with Gasteiger partial charge < -0.3 is 15.0 Å². The van der Waals surface area contributed by atoms with Crippen LogP contribution in [0.5, 0.6) is 5.75 Å². The minimum Gasteiger partial charge on any atom is -0.494 e. The van der Waals surface area contributed by atoms with E-state index in [0.717, 1.165) is 5.75 Å². The zero-order chi connectivity index (χ0) is 17.8. The molecule has 1 saturated heterocycles. The van der Waals surface area contributed by atoms with E-state index < -0.39 is 5.92 Å². The first kappa shape index (κ1) is 17.3. The molecular formula is C19H19ClN2O3. The van der Waals surface area contributed by atoms with Crippen LogP contribution in [0.2, 0.25) is 5.02 Å². The van der Waals surface area contributed by atoms with Crippen molar-refractivity contribution in [3.63, 3.8) is 0 Å². The zero-order valence-electron chi connectivity index (χ0n) is 13.9. The summed E-state index contributed by atoms with van der Waals surface area (Å²) in [6.45, 7) is 2.83. The largest absolute Gasteiger partial charge is 0.494 e. The second-order valence-corrected chi connectivity index (χ2v) is 6.21. The van der Waals surface area contributed by atoms with E-state index in [4.69, 9.17) is 16.3 Å². The number of hydrogen-bond donors (Lipinski definition) is 1. The van der Waals surface area contributed by atoms with E-state index in [1.165, 1.54) is 0 Å². The number of nitrogens with one attached hydrogen (secondary N) is 1. The van der Waals surface area contributed by atoms with E-state index >= 15 is 0 Å². The molecule has 0 radical (unpaired) electrons. The Bertz CT molecular complexity index is 776. The van der Waals surface area contributed by atoms with Gasteiger partial charge in [-0.1, -0.05) is 23.7 Å². The molecule has 1 heterocycles. The highest BCUT2D eigenvalue weighted by Crippen LogP contribution is 2.31. The number of carbonyl (C=O) groups excluding carboxylic acids is 2. The van der Waals surface area contributed by atoms with Crippen LogP contribution in [0, 0.1) is 5.92 Å². The molecule has 3 rings (SSSR count). The molecule has 2 aromatic rings. The summed E-state index contributed by atoms with van der Waals surface area (Å²) in [5, 5.41) is 3.36. The van der Waals surface area contributed by atoms with Gasteiger partial charge in [0.2, 0.25) is 11.8 Å². The molecule has 1 N–H and O–H groups in total. The van der Waals surface area contributed by atoms with Gasteiger partial charge in [-0.05, 0) is 43.3 Å². The van der Waals surface area contributed by atoms with Gasteiger partial charge in [0.25, 0.3) is 0 Å². The molecule has 0 aliphatic carbocycles. The summed E-state index contributed by atoms with van der Waals surface area (Å²) in [4.78, 5) is 26.3. The van der Waals surface area contributed by atoms with Gasteiger partial charge in [0.1, 0.15) is 5.75 Å². The lowest BCUT2D eigenvalue weighted by atomic mass is 10.1. The number of nitrogens with zero attached hydrogens (tertiary/aromatic N) is 1. The standard InChI is InChI=1S/C19H19ClN2O3/c1-2-25-15-9-7-14(8-10-15)21-19(24)13-11-18(23)22(12-13)17-6-4-3-5-16(17)20/h3-10,13H,2,11-12H2,1H3,(H,21,24)/t13-/m0/s1. The molecule has 0 bridgehead atoms. The molecule has 0 unspecified atom stereocenters. The summed E-state index contributed by atoms with van der Waals surface area (Å²) in [6.07, 6.45) is 0.175. The summed E-state index contributed by atoms with van der Waals surface area (Å²) in [5.41, 5.74) is 1.32. The van der Waals surface area contributed by atoms with Crippen molar-refractivity contribution < 1.29 is 14.3 Å². The predicted molar refractivity (Wildman–Crippen MR) is 98.2 cm³/mol. The first-order valence-electron chi connectivity index (χ1n) is 8.17. The van der Waals surface area contributed by atoms with Gasteiger partial charge in [0.15, 0.2) is 0 Å². The van der Waals surface area contributed by atoms with Crippen LogP contribution in [0.4, 0.5) is 11.4 Å². The maximum absolute atomic E-state index is 12.5. The van der Waals surface area contributed by atoms with Crippen LogP contribution >= 0.6 is 11.6 Å². The maximum atomic E-state index is 12.5. The van der Waals surface area contributed by atoms with Gasteiger partial charge in [0, 0.05) is 18.7 Å². The SMILES string of the molecule is CCOc1ccc(NC(=O)[C@H]2CC(=O)N(c3ccccc3Cl)C2)cc1. The molecular weight excluding hydrogens is 340 g/mol. The summed E-state index contributed by atoms with van der Waals surface area (Å²) >= 11 is 6.16. The van der Waals surface area contributed by atoms with E-state index in [1.807, 2.05) is 19.1 Å². The zero-order valence-corrected chi connectivity index (χ0v) is 14.6. The molecule has 1 fully saturated rings. The van der Waals surface area contributed by atoms with Gasteiger partial charge in [0.05, 0.1) is 23.2 Å². The smallest absolute Gasteiger partial charge is 0.229 e. The molecule has 6 heteroatoms. The Morgan fingerprint density at radius 2 is 1.96 bits per heavy atom. The minimum atomic E-state index is -0.407.